The first-order valence-corrected chi connectivity index (χ1v) is 8.11. The number of H-pyrrole nitrogens is 1. The zero-order chi connectivity index (χ0) is 22.2. The van der Waals surface area contributed by atoms with Crippen molar-refractivity contribution < 1.29 is 40.2 Å². The Morgan fingerprint density at radius 1 is 0.900 bits per heavy atom. The number of nitrogens with one attached hydrogen (secondary N) is 1. The number of benzene rings is 2. The number of carboxylic acids is 2. The van der Waals surface area contributed by atoms with Gasteiger partial charge in [0.25, 0.3) is 0 Å². The quantitative estimate of drug-likeness (QED) is 0.287. The summed E-state index contributed by atoms with van der Waals surface area (Å²) >= 11 is 0. The van der Waals surface area contributed by atoms with E-state index < -0.39 is 58.4 Å². The third-order valence-electron chi connectivity index (χ3n) is 4.01. The molecule has 3 rings (SSSR count). The first-order valence-electron chi connectivity index (χ1n) is 8.11. The fraction of sp³-hybridized carbons (Fsp3) is 0.0556. The van der Waals surface area contributed by atoms with Crippen molar-refractivity contribution in [1.82, 2.24) is 15.0 Å². The molecule has 154 valence electrons. The van der Waals surface area contributed by atoms with E-state index in [-0.39, 0.29) is 22.5 Å². The van der Waals surface area contributed by atoms with Crippen molar-refractivity contribution in [1.29, 1.82) is 0 Å². The molecule has 0 aliphatic carbocycles. The lowest BCUT2D eigenvalue weighted by Crippen LogP contribution is -2.15. The van der Waals surface area contributed by atoms with Crippen molar-refractivity contribution in [3.8, 4) is 45.8 Å². The number of carbonyl (C=O) groups is 2. The largest absolute Gasteiger partial charge is 0.508 e. The van der Waals surface area contributed by atoms with Crippen molar-refractivity contribution in [3.63, 3.8) is 0 Å². The number of aromatic carboxylic acids is 1. The Morgan fingerprint density at radius 2 is 1.60 bits per heavy atom. The minimum Gasteiger partial charge on any atom is -0.508 e. The van der Waals surface area contributed by atoms with Crippen LogP contribution in [0.5, 0.6) is 23.0 Å². The predicted octanol–water partition coefficient (Wildman–Crippen LogP) is 0.647. The molecule has 2 aromatic carbocycles. The standard InChI is InChI=1S/C18H13N3O9/c22-7-1-6(2-13(25)26)14(27)10(3-7)16-19-15(20-18(30)21-16)8-4-12(24)9(17(28)29)5-11(8)23/h1,3-5,22-24,27H,2H2,(H,25,26)(H,28,29)(H,19,20,21,30). The molecular weight excluding hydrogens is 402 g/mol. The van der Waals surface area contributed by atoms with Gasteiger partial charge >= 0.3 is 17.6 Å². The molecule has 30 heavy (non-hydrogen) atoms. The van der Waals surface area contributed by atoms with Crippen LogP contribution in [0.4, 0.5) is 0 Å². The van der Waals surface area contributed by atoms with E-state index in [1.807, 2.05) is 0 Å². The molecule has 0 aliphatic rings. The van der Waals surface area contributed by atoms with E-state index in [0.29, 0.717) is 0 Å². The molecule has 0 unspecified atom stereocenters. The summed E-state index contributed by atoms with van der Waals surface area (Å²) in [5.41, 5.74) is -2.23. The summed E-state index contributed by atoms with van der Waals surface area (Å²) in [6.45, 7) is 0. The Balaban J connectivity index is 2.20. The number of aliphatic carboxylic acids is 1. The number of carboxylic acid groups (broad SMARTS) is 2. The monoisotopic (exact) mass is 415 g/mol. The van der Waals surface area contributed by atoms with Gasteiger partial charge in [-0.25, -0.2) is 14.6 Å². The fourth-order valence-corrected chi connectivity index (χ4v) is 2.72. The van der Waals surface area contributed by atoms with Crippen LogP contribution in [-0.4, -0.2) is 57.5 Å². The van der Waals surface area contributed by atoms with Crippen LogP contribution in [0.1, 0.15) is 15.9 Å². The number of nitrogens with zero attached hydrogens (tertiary/aromatic N) is 2. The van der Waals surface area contributed by atoms with Crippen molar-refractivity contribution in [3.05, 3.63) is 45.9 Å². The summed E-state index contributed by atoms with van der Waals surface area (Å²) in [6.07, 6.45) is -0.624. The van der Waals surface area contributed by atoms with Gasteiger partial charge in [-0.2, -0.15) is 4.98 Å². The maximum absolute atomic E-state index is 12.0. The number of aromatic nitrogens is 3. The smallest absolute Gasteiger partial charge is 0.348 e. The molecule has 0 bridgehead atoms. The zero-order valence-corrected chi connectivity index (χ0v) is 14.8. The minimum absolute atomic E-state index is 0.148. The van der Waals surface area contributed by atoms with Crippen molar-refractivity contribution in [2.24, 2.45) is 0 Å². The lowest BCUT2D eigenvalue weighted by Gasteiger charge is -2.11. The predicted molar refractivity (Wildman–Crippen MR) is 98.5 cm³/mol. The second kappa shape index (κ2) is 7.43. The topological polar surface area (TPSA) is 214 Å². The lowest BCUT2D eigenvalue weighted by molar-refractivity contribution is -0.136. The number of hydrogen-bond acceptors (Lipinski definition) is 9. The highest BCUT2D eigenvalue weighted by molar-refractivity contribution is 5.92. The first kappa shape index (κ1) is 20.1. The van der Waals surface area contributed by atoms with E-state index in [9.17, 15) is 34.8 Å². The minimum atomic E-state index is -1.50. The fourth-order valence-electron chi connectivity index (χ4n) is 2.72. The molecule has 0 saturated carbocycles. The maximum Gasteiger partial charge on any atom is 0.348 e. The molecule has 7 N–H and O–H groups in total. The average Bonchev–Trinajstić information content (AvgIpc) is 2.64. The molecule has 0 aliphatic heterocycles. The van der Waals surface area contributed by atoms with Gasteiger partial charge in [0.2, 0.25) is 0 Å². The summed E-state index contributed by atoms with van der Waals surface area (Å²) < 4.78 is 0. The Labute approximate surface area is 166 Å². The Hall–Kier alpha value is -4.61. The van der Waals surface area contributed by atoms with E-state index in [4.69, 9.17) is 10.2 Å². The SMILES string of the molecule is O=C(O)Cc1cc(O)cc(-c2nc(-c3cc(O)c(C(=O)O)cc3O)nc(=O)[nH]2)c1O. The van der Waals surface area contributed by atoms with Crippen LogP contribution in [0, 0.1) is 0 Å². The molecule has 12 nitrogen and oxygen atoms in total. The van der Waals surface area contributed by atoms with Crippen LogP contribution < -0.4 is 5.69 Å². The van der Waals surface area contributed by atoms with E-state index in [1.165, 1.54) is 0 Å². The molecule has 12 heteroatoms. The molecule has 1 aromatic heterocycles. The van der Waals surface area contributed by atoms with Crippen molar-refractivity contribution >= 4 is 11.9 Å². The van der Waals surface area contributed by atoms with Gasteiger partial charge in [0.05, 0.1) is 17.5 Å². The van der Waals surface area contributed by atoms with Crippen LogP contribution in [0.15, 0.2) is 29.1 Å². The van der Waals surface area contributed by atoms with E-state index in [0.717, 1.165) is 24.3 Å². The van der Waals surface area contributed by atoms with E-state index in [2.05, 4.69) is 15.0 Å². The summed E-state index contributed by atoms with van der Waals surface area (Å²) in [6, 6.07) is 3.64. The third-order valence-corrected chi connectivity index (χ3v) is 4.01. The summed E-state index contributed by atoms with van der Waals surface area (Å²) in [5, 5.41) is 58.0. The molecular formula is C18H13N3O9. The molecule has 1 heterocycles. The molecule has 0 atom stereocenters. The van der Waals surface area contributed by atoms with Gasteiger partial charge in [-0.3, -0.25) is 9.78 Å². The van der Waals surface area contributed by atoms with Crippen LogP contribution in [0.25, 0.3) is 22.8 Å². The Bertz CT molecular complexity index is 1250. The Kier molecular flexibility index (Phi) is 4.98. The van der Waals surface area contributed by atoms with Gasteiger partial charge in [0.15, 0.2) is 5.82 Å². The second-order valence-corrected chi connectivity index (χ2v) is 6.09. The van der Waals surface area contributed by atoms with Gasteiger partial charge in [0, 0.05) is 5.56 Å². The average molecular weight is 415 g/mol. The van der Waals surface area contributed by atoms with Gasteiger partial charge < -0.3 is 30.6 Å². The number of aromatic hydroxyl groups is 4. The van der Waals surface area contributed by atoms with Crippen LogP contribution in [-0.2, 0) is 11.2 Å². The molecule has 0 radical (unpaired) electrons. The number of aromatic amines is 1. The van der Waals surface area contributed by atoms with Gasteiger partial charge in [0.1, 0.15) is 34.4 Å². The van der Waals surface area contributed by atoms with Crippen LogP contribution >= 0.6 is 0 Å². The van der Waals surface area contributed by atoms with Crippen LogP contribution in [0.3, 0.4) is 0 Å². The molecule has 3 aromatic rings. The third kappa shape index (κ3) is 3.82. The first-order chi connectivity index (χ1) is 14.1. The summed E-state index contributed by atoms with van der Waals surface area (Å²) in [4.78, 5) is 43.7. The molecule has 0 fully saturated rings. The van der Waals surface area contributed by atoms with E-state index >= 15 is 0 Å². The summed E-state index contributed by atoms with van der Waals surface area (Å²) in [7, 11) is 0. The second-order valence-electron chi connectivity index (χ2n) is 6.09. The highest BCUT2D eigenvalue weighted by atomic mass is 16.4. The number of phenols is 4. The number of rotatable bonds is 5. The lowest BCUT2D eigenvalue weighted by atomic mass is 10.0. The van der Waals surface area contributed by atoms with Gasteiger partial charge in [-0.15, -0.1) is 0 Å². The molecule has 0 amide bonds. The highest BCUT2D eigenvalue weighted by Crippen LogP contribution is 2.36. The number of phenolic OH excluding ortho intramolecular Hbond substituents is 3. The Morgan fingerprint density at radius 3 is 2.23 bits per heavy atom. The normalized spacial score (nSPS) is 10.7. The van der Waals surface area contributed by atoms with Gasteiger partial charge in [-0.1, -0.05) is 0 Å². The maximum atomic E-state index is 12.0. The van der Waals surface area contributed by atoms with Crippen molar-refractivity contribution in [2.75, 3.05) is 0 Å². The molecule has 0 saturated heterocycles. The van der Waals surface area contributed by atoms with Crippen molar-refractivity contribution in [2.45, 2.75) is 6.42 Å². The van der Waals surface area contributed by atoms with E-state index in [1.54, 1.807) is 0 Å². The van der Waals surface area contributed by atoms with Gasteiger partial charge in [-0.05, 0) is 24.3 Å². The molecule has 0 spiro atoms. The number of hydrogen-bond donors (Lipinski definition) is 7. The summed E-state index contributed by atoms with van der Waals surface area (Å²) in [5.74, 6) is -5.88. The van der Waals surface area contributed by atoms with Crippen LogP contribution in [0.2, 0.25) is 0 Å². The highest BCUT2D eigenvalue weighted by Gasteiger charge is 2.20. The zero-order valence-electron chi connectivity index (χ0n) is 14.8.